The van der Waals surface area contributed by atoms with Crippen LogP contribution in [0.5, 0.6) is 0 Å². The van der Waals surface area contributed by atoms with Gasteiger partial charge in [-0.25, -0.2) is 8.42 Å². The maximum Gasteiger partial charge on any atom is 0.243 e. The maximum absolute atomic E-state index is 12.8. The quantitative estimate of drug-likeness (QED) is 0.822. The van der Waals surface area contributed by atoms with Gasteiger partial charge in [0.1, 0.15) is 0 Å². The Hall–Kier alpha value is -1.40. The second-order valence-electron chi connectivity index (χ2n) is 7.14. The molecule has 1 spiro atoms. The van der Waals surface area contributed by atoms with Gasteiger partial charge in [0.15, 0.2) is 0 Å². The third-order valence-corrected chi connectivity index (χ3v) is 7.48. The minimum Gasteiger partial charge on any atom is -0.298 e. The molecule has 2 aromatic carbocycles. The fourth-order valence-corrected chi connectivity index (χ4v) is 5.75. The highest BCUT2D eigenvalue weighted by Crippen LogP contribution is 2.42. The van der Waals surface area contributed by atoms with Gasteiger partial charge in [0.2, 0.25) is 10.0 Å². The predicted octanol–water partition coefficient (Wildman–Crippen LogP) is 3.24. The summed E-state index contributed by atoms with van der Waals surface area (Å²) < 4.78 is 27.2. The van der Waals surface area contributed by atoms with Crippen molar-refractivity contribution in [2.45, 2.75) is 17.9 Å². The molecule has 0 atom stereocenters. The molecule has 2 aromatic rings. The molecule has 0 unspecified atom stereocenters. The minimum atomic E-state index is -3.38. The van der Waals surface area contributed by atoms with Crippen molar-refractivity contribution in [3.63, 3.8) is 0 Å². The SMILES string of the molecule is O=S(=O)(c1ccccc1)N1CCC2(CN(Cc3ccccc3Cl)C2)C1. The first-order valence-corrected chi connectivity index (χ1v) is 10.3. The third-order valence-electron chi connectivity index (χ3n) is 5.25. The summed E-state index contributed by atoms with van der Waals surface area (Å²) >= 11 is 6.24. The van der Waals surface area contributed by atoms with Gasteiger partial charge in [-0.3, -0.25) is 4.90 Å². The average Bonchev–Trinajstić information content (AvgIpc) is 3.04. The van der Waals surface area contributed by atoms with E-state index in [1.165, 1.54) is 0 Å². The predicted molar refractivity (Wildman–Crippen MR) is 99.0 cm³/mol. The maximum atomic E-state index is 12.8. The zero-order valence-electron chi connectivity index (χ0n) is 13.9. The van der Waals surface area contributed by atoms with E-state index in [4.69, 9.17) is 11.6 Å². The Morgan fingerprint density at radius 2 is 1.64 bits per heavy atom. The summed E-state index contributed by atoms with van der Waals surface area (Å²) in [6.45, 7) is 3.91. The summed E-state index contributed by atoms with van der Waals surface area (Å²) in [5.41, 5.74) is 1.23. The van der Waals surface area contributed by atoms with Crippen molar-refractivity contribution in [2.24, 2.45) is 5.41 Å². The van der Waals surface area contributed by atoms with E-state index in [0.717, 1.165) is 36.6 Å². The van der Waals surface area contributed by atoms with E-state index in [9.17, 15) is 8.42 Å². The molecule has 0 N–H and O–H groups in total. The van der Waals surface area contributed by atoms with Crippen molar-refractivity contribution in [3.8, 4) is 0 Å². The summed E-state index contributed by atoms with van der Waals surface area (Å²) in [5, 5.41) is 0.795. The summed E-state index contributed by atoms with van der Waals surface area (Å²) in [6, 6.07) is 16.6. The van der Waals surface area contributed by atoms with Crippen LogP contribution in [0.4, 0.5) is 0 Å². The fraction of sp³-hybridized carbons (Fsp3) is 0.368. The molecule has 0 saturated carbocycles. The van der Waals surface area contributed by atoms with Gasteiger partial charge in [-0.05, 0) is 30.2 Å². The molecule has 132 valence electrons. The first-order valence-electron chi connectivity index (χ1n) is 8.50. The molecule has 2 aliphatic heterocycles. The summed E-state index contributed by atoms with van der Waals surface area (Å²) in [5.74, 6) is 0. The molecular weight excluding hydrogens is 356 g/mol. The van der Waals surface area contributed by atoms with Crippen LogP contribution in [0.25, 0.3) is 0 Å². The van der Waals surface area contributed by atoms with Crippen molar-refractivity contribution in [2.75, 3.05) is 26.2 Å². The molecule has 0 amide bonds. The summed E-state index contributed by atoms with van der Waals surface area (Å²) in [4.78, 5) is 2.74. The van der Waals surface area contributed by atoms with Gasteiger partial charge in [0.05, 0.1) is 4.90 Å². The van der Waals surface area contributed by atoms with E-state index in [-0.39, 0.29) is 5.41 Å². The van der Waals surface area contributed by atoms with Gasteiger partial charge >= 0.3 is 0 Å². The lowest BCUT2D eigenvalue weighted by atomic mass is 9.79. The number of hydrogen-bond acceptors (Lipinski definition) is 3. The third kappa shape index (κ3) is 3.22. The van der Waals surface area contributed by atoms with Gasteiger partial charge in [-0.15, -0.1) is 0 Å². The number of halogens is 1. The lowest BCUT2D eigenvalue weighted by Crippen LogP contribution is -2.57. The molecule has 2 aliphatic rings. The van der Waals surface area contributed by atoms with Gasteiger partial charge in [-0.2, -0.15) is 4.31 Å². The molecule has 6 heteroatoms. The molecule has 4 nitrogen and oxygen atoms in total. The van der Waals surface area contributed by atoms with Crippen LogP contribution in [0.2, 0.25) is 5.02 Å². The summed E-state index contributed by atoms with van der Waals surface area (Å²) in [7, 11) is -3.38. The Morgan fingerprint density at radius 3 is 2.36 bits per heavy atom. The number of nitrogens with zero attached hydrogens (tertiary/aromatic N) is 2. The van der Waals surface area contributed by atoms with Crippen molar-refractivity contribution in [1.82, 2.24) is 9.21 Å². The first-order chi connectivity index (χ1) is 12.0. The van der Waals surface area contributed by atoms with E-state index in [0.29, 0.717) is 18.0 Å². The monoisotopic (exact) mass is 376 g/mol. The second kappa shape index (κ2) is 6.40. The van der Waals surface area contributed by atoms with Crippen LogP contribution in [0.3, 0.4) is 0 Å². The Kier molecular flexibility index (Phi) is 4.36. The van der Waals surface area contributed by atoms with Crippen LogP contribution in [0.15, 0.2) is 59.5 Å². The molecule has 2 fully saturated rings. The molecule has 0 radical (unpaired) electrons. The Morgan fingerprint density at radius 1 is 0.960 bits per heavy atom. The lowest BCUT2D eigenvalue weighted by Gasteiger charge is -2.48. The molecule has 25 heavy (non-hydrogen) atoms. The van der Waals surface area contributed by atoms with E-state index < -0.39 is 10.0 Å². The zero-order chi connectivity index (χ0) is 17.5. The Labute approximate surface area is 154 Å². The van der Waals surface area contributed by atoms with Gasteiger partial charge < -0.3 is 0 Å². The lowest BCUT2D eigenvalue weighted by molar-refractivity contribution is 0.00653. The molecule has 0 aliphatic carbocycles. The van der Waals surface area contributed by atoms with Crippen LogP contribution in [-0.2, 0) is 16.6 Å². The van der Waals surface area contributed by atoms with Crippen molar-refractivity contribution in [3.05, 3.63) is 65.2 Å². The topological polar surface area (TPSA) is 40.6 Å². The zero-order valence-corrected chi connectivity index (χ0v) is 15.5. The van der Waals surface area contributed by atoms with Crippen molar-refractivity contribution >= 4 is 21.6 Å². The normalized spacial score (nSPS) is 20.7. The number of likely N-dealkylation sites (tertiary alicyclic amines) is 1. The molecular formula is C19H21ClN2O2S. The first kappa shape index (κ1) is 17.0. The molecule has 2 saturated heterocycles. The fourth-order valence-electron chi connectivity index (χ4n) is 3.98. The average molecular weight is 377 g/mol. The number of sulfonamides is 1. The van der Waals surface area contributed by atoms with Gasteiger partial charge in [-0.1, -0.05) is 48.0 Å². The van der Waals surface area contributed by atoms with Crippen LogP contribution in [-0.4, -0.2) is 43.8 Å². The van der Waals surface area contributed by atoms with Gasteiger partial charge in [0, 0.05) is 43.2 Å². The van der Waals surface area contributed by atoms with E-state index >= 15 is 0 Å². The van der Waals surface area contributed by atoms with Crippen LogP contribution >= 0.6 is 11.6 Å². The van der Waals surface area contributed by atoms with E-state index in [1.807, 2.05) is 30.3 Å². The second-order valence-corrected chi connectivity index (χ2v) is 9.48. The smallest absolute Gasteiger partial charge is 0.243 e. The Balaban J connectivity index is 1.40. The Bertz CT molecular complexity index is 864. The molecule has 0 aromatic heterocycles. The largest absolute Gasteiger partial charge is 0.298 e. The van der Waals surface area contributed by atoms with Crippen LogP contribution < -0.4 is 0 Å². The minimum absolute atomic E-state index is 0.100. The number of benzene rings is 2. The van der Waals surface area contributed by atoms with Crippen molar-refractivity contribution in [1.29, 1.82) is 0 Å². The number of hydrogen-bond donors (Lipinski definition) is 0. The summed E-state index contributed by atoms with van der Waals surface area (Å²) in [6.07, 6.45) is 0.929. The van der Waals surface area contributed by atoms with Crippen LogP contribution in [0.1, 0.15) is 12.0 Å². The van der Waals surface area contributed by atoms with Crippen LogP contribution in [0, 0.1) is 5.41 Å². The highest BCUT2D eigenvalue weighted by Gasteiger charge is 2.50. The van der Waals surface area contributed by atoms with E-state index in [1.54, 1.807) is 28.6 Å². The van der Waals surface area contributed by atoms with E-state index in [2.05, 4.69) is 4.90 Å². The molecule has 4 rings (SSSR count). The van der Waals surface area contributed by atoms with Crippen molar-refractivity contribution < 1.29 is 8.42 Å². The highest BCUT2D eigenvalue weighted by molar-refractivity contribution is 7.89. The van der Waals surface area contributed by atoms with Gasteiger partial charge in [0.25, 0.3) is 0 Å². The molecule has 2 heterocycles. The highest BCUT2D eigenvalue weighted by atomic mass is 35.5. The molecule has 0 bridgehead atoms. The number of rotatable bonds is 4. The standard InChI is InChI=1S/C19H21ClN2O2S/c20-18-9-5-4-6-16(18)12-21-13-19(14-21)10-11-22(15-19)25(23,24)17-7-2-1-3-8-17/h1-9H,10-15H2.